The van der Waals surface area contributed by atoms with Crippen LogP contribution in [-0.4, -0.2) is 54.6 Å². The lowest BCUT2D eigenvalue weighted by Gasteiger charge is -2.34. The predicted octanol–water partition coefficient (Wildman–Crippen LogP) is 2.26. The molecule has 0 saturated carbocycles. The van der Waals surface area contributed by atoms with Crippen LogP contribution < -0.4 is 9.47 Å². The van der Waals surface area contributed by atoms with Crippen molar-refractivity contribution in [1.82, 2.24) is 9.80 Å². The molecule has 0 atom stereocenters. The van der Waals surface area contributed by atoms with E-state index in [1.54, 1.807) is 34.1 Å². The van der Waals surface area contributed by atoms with Crippen molar-refractivity contribution < 1.29 is 23.5 Å². The third-order valence-electron chi connectivity index (χ3n) is 4.26. The van der Waals surface area contributed by atoms with Gasteiger partial charge in [0, 0.05) is 31.7 Å². The minimum Gasteiger partial charge on any atom is -0.459 e. The highest BCUT2D eigenvalue weighted by atomic mass is 35.5. The van der Waals surface area contributed by atoms with Crippen LogP contribution >= 0.6 is 11.6 Å². The van der Waals surface area contributed by atoms with Gasteiger partial charge in [0.25, 0.3) is 11.8 Å². The fourth-order valence-electron chi connectivity index (χ4n) is 2.94. The fraction of sp³-hybridized carbons (Fsp3) is 0.294. The number of piperazine rings is 1. The summed E-state index contributed by atoms with van der Waals surface area (Å²) in [6.45, 7) is 1.88. The standard InChI is InChI=1S/C17H15ClN2O5/c18-12-8-11(9-14-15(12)25-10-24-14)16(21)19-3-5-20(6-4-19)17(22)13-2-1-7-23-13/h1-2,7-9H,3-6,10H2. The van der Waals surface area contributed by atoms with Crippen molar-refractivity contribution in [2.45, 2.75) is 0 Å². The van der Waals surface area contributed by atoms with Gasteiger partial charge in [-0.15, -0.1) is 0 Å². The Morgan fingerprint density at radius 1 is 1.00 bits per heavy atom. The summed E-state index contributed by atoms with van der Waals surface area (Å²) < 4.78 is 15.7. The molecule has 0 unspecified atom stereocenters. The molecule has 0 bridgehead atoms. The zero-order chi connectivity index (χ0) is 17.4. The average molecular weight is 363 g/mol. The summed E-state index contributed by atoms with van der Waals surface area (Å²) in [5, 5.41) is 0.352. The van der Waals surface area contributed by atoms with Crippen molar-refractivity contribution in [2.75, 3.05) is 33.0 Å². The molecule has 0 aliphatic carbocycles. The Morgan fingerprint density at radius 3 is 2.40 bits per heavy atom. The number of amides is 2. The lowest BCUT2D eigenvalue weighted by molar-refractivity contribution is 0.0518. The zero-order valence-corrected chi connectivity index (χ0v) is 14.0. The Labute approximate surface area is 148 Å². The number of carbonyl (C=O) groups excluding carboxylic acids is 2. The summed E-state index contributed by atoms with van der Waals surface area (Å²) in [7, 11) is 0. The number of rotatable bonds is 2. The van der Waals surface area contributed by atoms with E-state index in [-0.39, 0.29) is 18.6 Å². The molecule has 1 saturated heterocycles. The topological polar surface area (TPSA) is 72.2 Å². The Morgan fingerprint density at radius 2 is 1.72 bits per heavy atom. The summed E-state index contributed by atoms with van der Waals surface area (Å²) in [5.41, 5.74) is 0.445. The Hall–Kier alpha value is -2.67. The van der Waals surface area contributed by atoms with Crippen LogP contribution in [0.1, 0.15) is 20.9 Å². The maximum atomic E-state index is 12.7. The Balaban J connectivity index is 1.43. The lowest BCUT2D eigenvalue weighted by Crippen LogP contribution is -2.50. The third-order valence-corrected chi connectivity index (χ3v) is 4.54. The molecule has 0 radical (unpaired) electrons. The summed E-state index contributed by atoms with van der Waals surface area (Å²) in [6.07, 6.45) is 1.47. The highest BCUT2D eigenvalue weighted by Gasteiger charge is 2.28. The second-order valence-corrected chi connectivity index (χ2v) is 6.16. The van der Waals surface area contributed by atoms with Gasteiger partial charge in [-0.1, -0.05) is 11.6 Å². The molecule has 130 valence electrons. The van der Waals surface area contributed by atoms with E-state index < -0.39 is 0 Å². The number of hydrogen-bond donors (Lipinski definition) is 0. The second kappa shape index (κ2) is 6.33. The molecule has 0 spiro atoms. The molecule has 2 aliphatic heterocycles. The number of fused-ring (bicyclic) bond motifs is 1. The summed E-state index contributed by atoms with van der Waals surface area (Å²) in [6, 6.07) is 6.53. The third kappa shape index (κ3) is 2.91. The van der Waals surface area contributed by atoms with Crippen molar-refractivity contribution in [3.05, 3.63) is 46.9 Å². The molecule has 2 aromatic rings. The van der Waals surface area contributed by atoms with Crippen LogP contribution in [0.25, 0.3) is 0 Å². The van der Waals surface area contributed by atoms with Gasteiger partial charge in [-0.3, -0.25) is 9.59 Å². The first kappa shape index (κ1) is 15.8. The highest BCUT2D eigenvalue weighted by Crippen LogP contribution is 2.40. The number of carbonyl (C=O) groups is 2. The van der Waals surface area contributed by atoms with Crippen molar-refractivity contribution in [2.24, 2.45) is 0 Å². The van der Waals surface area contributed by atoms with Gasteiger partial charge in [-0.25, -0.2) is 0 Å². The maximum Gasteiger partial charge on any atom is 0.289 e. The molecule has 8 heteroatoms. The van der Waals surface area contributed by atoms with E-state index >= 15 is 0 Å². The van der Waals surface area contributed by atoms with Crippen molar-refractivity contribution >= 4 is 23.4 Å². The summed E-state index contributed by atoms with van der Waals surface area (Å²) >= 11 is 6.14. The lowest BCUT2D eigenvalue weighted by atomic mass is 10.1. The van der Waals surface area contributed by atoms with E-state index in [4.69, 9.17) is 25.5 Å². The highest BCUT2D eigenvalue weighted by molar-refractivity contribution is 6.32. The number of nitrogens with zero attached hydrogens (tertiary/aromatic N) is 2. The van der Waals surface area contributed by atoms with Gasteiger partial charge < -0.3 is 23.7 Å². The van der Waals surface area contributed by atoms with E-state index in [1.807, 2.05) is 0 Å². The molecule has 4 rings (SSSR count). The van der Waals surface area contributed by atoms with Crippen LogP contribution in [0.2, 0.25) is 5.02 Å². The molecule has 25 heavy (non-hydrogen) atoms. The molecular formula is C17H15ClN2O5. The van der Waals surface area contributed by atoms with Crippen LogP contribution in [0.5, 0.6) is 11.5 Å². The predicted molar refractivity (Wildman–Crippen MR) is 88.1 cm³/mol. The molecule has 7 nitrogen and oxygen atoms in total. The SMILES string of the molecule is O=C(c1cc(Cl)c2c(c1)OCO2)N1CCN(C(=O)c2ccco2)CC1. The van der Waals surface area contributed by atoms with Gasteiger partial charge in [-0.2, -0.15) is 0 Å². The first-order valence-electron chi connectivity index (χ1n) is 7.84. The number of furan rings is 1. The van der Waals surface area contributed by atoms with Crippen LogP contribution in [-0.2, 0) is 0 Å². The molecule has 1 fully saturated rings. The molecule has 1 aromatic carbocycles. The van der Waals surface area contributed by atoms with Gasteiger partial charge in [0.2, 0.25) is 6.79 Å². The number of hydrogen-bond acceptors (Lipinski definition) is 5. The van der Waals surface area contributed by atoms with Crippen LogP contribution in [0, 0.1) is 0 Å². The van der Waals surface area contributed by atoms with Crippen LogP contribution in [0.4, 0.5) is 0 Å². The molecule has 2 aliphatic rings. The van der Waals surface area contributed by atoms with Gasteiger partial charge in [0.05, 0.1) is 11.3 Å². The first-order valence-corrected chi connectivity index (χ1v) is 8.22. The van der Waals surface area contributed by atoms with Crippen molar-refractivity contribution in [3.63, 3.8) is 0 Å². The molecule has 1 aromatic heterocycles. The largest absolute Gasteiger partial charge is 0.459 e. The van der Waals surface area contributed by atoms with E-state index in [1.165, 1.54) is 6.26 Å². The fourth-order valence-corrected chi connectivity index (χ4v) is 3.21. The van der Waals surface area contributed by atoms with E-state index in [0.29, 0.717) is 54.0 Å². The van der Waals surface area contributed by atoms with E-state index in [2.05, 4.69) is 0 Å². The Bertz CT molecular complexity index is 813. The second-order valence-electron chi connectivity index (χ2n) is 5.75. The quantitative estimate of drug-likeness (QED) is 0.819. The van der Waals surface area contributed by atoms with Gasteiger partial charge in [0.1, 0.15) is 0 Å². The first-order chi connectivity index (χ1) is 12.1. The minimum atomic E-state index is -0.164. The smallest absolute Gasteiger partial charge is 0.289 e. The number of halogens is 1. The minimum absolute atomic E-state index is 0.0975. The Kier molecular flexibility index (Phi) is 4.01. The van der Waals surface area contributed by atoms with Crippen molar-refractivity contribution in [3.8, 4) is 11.5 Å². The molecule has 0 N–H and O–H groups in total. The summed E-state index contributed by atoms with van der Waals surface area (Å²) in [4.78, 5) is 28.3. The van der Waals surface area contributed by atoms with E-state index in [0.717, 1.165) is 0 Å². The summed E-state index contributed by atoms with van der Waals surface area (Å²) in [5.74, 6) is 0.936. The van der Waals surface area contributed by atoms with Gasteiger partial charge in [-0.05, 0) is 24.3 Å². The van der Waals surface area contributed by atoms with Crippen LogP contribution in [0.15, 0.2) is 34.9 Å². The van der Waals surface area contributed by atoms with Gasteiger partial charge >= 0.3 is 0 Å². The monoisotopic (exact) mass is 362 g/mol. The van der Waals surface area contributed by atoms with Crippen LogP contribution in [0.3, 0.4) is 0 Å². The molecular weight excluding hydrogens is 348 g/mol. The number of ether oxygens (including phenoxy) is 2. The molecule has 2 amide bonds. The maximum absolute atomic E-state index is 12.7. The normalized spacial score (nSPS) is 16.2. The average Bonchev–Trinajstić information content (AvgIpc) is 3.32. The van der Waals surface area contributed by atoms with Gasteiger partial charge in [0.15, 0.2) is 17.3 Å². The zero-order valence-electron chi connectivity index (χ0n) is 13.2. The van der Waals surface area contributed by atoms with Crippen molar-refractivity contribution in [1.29, 1.82) is 0 Å². The molecule has 3 heterocycles. The van der Waals surface area contributed by atoms with E-state index in [9.17, 15) is 9.59 Å². The number of benzene rings is 1.